The number of carbonyl (C=O) groups excluding carboxylic acids is 2. The molecule has 0 heterocycles. The summed E-state index contributed by atoms with van der Waals surface area (Å²) >= 11 is 6.52. The van der Waals surface area contributed by atoms with Gasteiger partial charge in [-0.2, -0.15) is 0 Å². The number of ether oxygens (including phenoxy) is 3. The van der Waals surface area contributed by atoms with E-state index in [-0.39, 0.29) is 34.8 Å². The summed E-state index contributed by atoms with van der Waals surface area (Å²) in [5, 5.41) is 0. The van der Waals surface area contributed by atoms with Crippen LogP contribution in [0.5, 0.6) is 0 Å². The van der Waals surface area contributed by atoms with E-state index >= 15 is 0 Å². The lowest BCUT2D eigenvalue weighted by molar-refractivity contribution is -0.146. The average Bonchev–Trinajstić information content (AvgIpc) is 2.46. The summed E-state index contributed by atoms with van der Waals surface area (Å²) in [4.78, 5) is 22.4. The molecule has 2 atom stereocenters. The maximum absolute atomic E-state index is 11.4. The highest BCUT2D eigenvalue weighted by Crippen LogP contribution is 2.10. The van der Waals surface area contributed by atoms with Gasteiger partial charge in [-0.15, -0.1) is 0 Å². The summed E-state index contributed by atoms with van der Waals surface area (Å²) in [7, 11) is 0. The van der Waals surface area contributed by atoms with E-state index in [0.29, 0.717) is 13.2 Å². The van der Waals surface area contributed by atoms with Crippen LogP contribution in [0, 0.1) is 0 Å². The first kappa shape index (κ1) is 20.9. The Labute approximate surface area is 143 Å². The fourth-order valence-corrected chi connectivity index (χ4v) is 2.61. The van der Waals surface area contributed by atoms with Crippen LogP contribution in [0.2, 0.25) is 0 Å². The van der Waals surface area contributed by atoms with E-state index in [1.165, 1.54) is 0 Å². The molecule has 0 spiro atoms. The zero-order valence-electron chi connectivity index (χ0n) is 12.6. The van der Waals surface area contributed by atoms with Gasteiger partial charge in [0.1, 0.15) is 22.9 Å². The third kappa shape index (κ3) is 11.1. The van der Waals surface area contributed by atoms with Gasteiger partial charge < -0.3 is 14.2 Å². The van der Waals surface area contributed by atoms with Crippen molar-refractivity contribution in [2.24, 2.45) is 0 Å². The van der Waals surface area contributed by atoms with Gasteiger partial charge in [0.25, 0.3) is 0 Å². The molecular weight excluding hydrogens is 408 g/mol. The van der Waals surface area contributed by atoms with E-state index < -0.39 is 0 Å². The largest absolute Gasteiger partial charge is 0.462 e. The molecular formula is C14H24Br2O5. The molecule has 0 aromatic carbocycles. The van der Waals surface area contributed by atoms with Crippen LogP contribution in [0.15, 0.2) is 0 Å². The third-order valence-electron chi connectivity index (χ3n) is 2.54. The van der Waals surface area contributed by atoms with Crippen LogP contribution in [0.3, 0.4) is 0 Å². The number of hydrogen-bond donors (Lipinski definition) is 0. The molecule has 0 saturated heterocycles. The Bertz CT molecular complexity index is 271. The Morgan fingerprint density at radius 1 is 0.810 bits per heavy atom. The average molecular weight is 432 g/mol. The molecule has 0 aliphatic rings. The monoisotopic (exact) mass is 430 g/mol. The molecule has 0 aromatic heterocycles. The normalized spacial score (nSPS) is 13.5. The highest BCUT2D eigenvalue weighted by Gasteiger charge is 2.15. The van der Waals surface area contributed by atoms with Crippen LogP contribution < -0.4 is 0 Å². The van der Waals surface area contributed by atoms with Crippen molar-refractivity contribution in [3.63, 3.8) is 0 Å². The van der Waals surface area contributed by atoms with Crippen molar-refractivity contribution in [1.82, 2.24) is 0 Å². The molecule has 2 unspecified atom stereocenters. The van der Waals surface area contributed by atoms with E-state index in [9.17, 15) is 9.59 Å². The maximum Gasteiger partial charge on any atom is 0.319 e. The second kappa shape index (κ2) is 13.5. The minimum Gasteiger partial charge on any atom is -0.462 e. The molecule has 0 aliphatic heterocycles. The van der Waals surface area contributed by atoms with Gasteiger partial charge in [0, 0.05) is 0 Å². The predicted octanol–water partition coefficient (Wildman–Crippen LogP) is 3.22. The van der Waals surface area contributed by atoms with Gasteiger partial charge in [0.05, 0.1) is 13.2 Å². The van der Waals surface area contributed by atoms with Gasteiger partial charge in [-0.3, -0.25) is 9.59 Å². The summed E-state index contributed by atoms with van der Waals surface area (Å²) in [6, 6.07) is 0. The van der Waals surface area contributed by atoms with Crippen LogP contribution in [0.1, 0.15) is 39.5 Å². The molecule has 7 heteroatoms. The zero-order valence-corrected chi connectivity index (χ0v) is 15.8. The highest BCUT2D eigenvalue weighted by molar-refractivity contribution is 9.10. The van der Waals surface area contributed by atoms with Gasteiger partial charge >= 0.3 is 11.9 Å². The summed E-state index contributed by atoms with van der Waals surface area (Å²) in [6.45, 7) is 5.00. The van der Waals surface area contributed by atoms with Crippen LogP contribution in [0.25, 0.3) is 0 Å². The smallest absolute Gasteiger partial charge is 0.319 e. The summed E-state index contributed by atoms with van der Waals surface area (Å²) in [5.74, 6) is -0.540. The first-order valence-corrected chi connectivity index (χ1v) is 9.05. The Morgan fingerprint density at radius 3 is 1.52 bits per heavy atom. The molecule has 0 bridgehead atoms. The van der Waals surface area contributed by atoms with Crippen LogP contribution in [0.4, 0.5) is 0 Å². The number of rotatable bonds is 12. The van der Waals surface area contributed by atoms with E-state index in [4.69, 9.17) is 14.2 Å². The van der Waals surface area contributed by atoms with Gasteiger partial charge in [-0.05, 0) is 12.8 Å². The Balaban J connectivity index is 3.48. The van der Waals surface area contributed by atoms with Crippen molar-refractivity contribution in [1.29, 1.82) is 0 Å². The molecule has 5 nitrogen and oxygen atoms in total. The minimum atomic E-state index is -0.270. The molecule has 124 valence electrons. The molecule has 0 rings (SSSR count). The predicted molar refractivity (Wildman–Crippen MR) is 88.0 cm³/mol. The number of carbonyl (C=O) groups is 2. The zero-order chi connectivity index (χ0) is 16.1. The molecule has 0 N–H and O–H groups in total. The van der Waals surface area contributed by atoms with Gasteiger partial charge in [-0.25, -0.2) is 0 Å². The van der Waals surface area contributed by atoms with Crippen molar-refractivity contribution in [2.75, 3.05) is 26.4 Å². The number of halogens is 2. The maximum atomic E-state index is 11.4. The molecule has 21 heavy (non-hydrogen) atoms. The van der Waals surface area contributed by atoms with Gasteiger partial charge in [0.2, 0.25) is 0 Å². The fourth-order valence-electron chi connectivity index (χ4n) is 1.43. The lowest BCUT2D eigenvalue weighted by atomic mass is 10.2. The lowest BCUT2D eigenvalue weighted by Crippen LogP contribution is -2.21. The Hall–Kier alpha value is -0.140. The fraction of sp³-hybridized carbons (Fsp3) is 0.857. The van der Waals surface area contributed by atoms with Crippen molar-refractivity contribution >= 4 is 43.8 Å². The van der Waals surface area contributed by atoms with Crippen LogP contribution in [-0.4, -0.2) is 48.0 Å². The molecule has 0 amide bonds. The first-order chi connectivity index (χ1) is 10.0. The molecule has 0 aromatic rings. The van der Waals surface area contributed by atoms with E-state index in [1.54, 1.807) is 0 Å². The summed E-state index contributed by atoms with van der Waals surface area (Å²) in [6.07, 6.45) is 3.33. The number of alkyl halides is 2. The Morgan fingerprint density at radius 2 is 1.19 bits per heavy atom. The van der Waals surface area contributed by atoms with Gasteiger partial charge in [-0.1, -0.05) is 58.5 Å². The standard InChI is InChI=1S/C14H24Br2O5/c1-3-5-11(15)13(17)20-9-7-19-8-10-21-14(18)12(16)6-4-2/h11-12H,3-10H2,1-2H3. The molecule has 0 aliphatic carbocycles. The SMILES string of the molecule is CCCC(Br)C(=O)OCCOCCOC(=O)C(Br)CCC. The summed E-state index contributed by atoms with van der Waals surface area (Å²) < 4.78 is 15.3. The highest BCUT2D eigenvalue weighted by atomic mass is 79.9. The van der Waals surface area contributed by atoms with E-state index in [2.05, 4.69) is 31.9 Å². The van der Waals surface area contributed by atoms with Crippen molar-refractivity contribution in [3.05, 3.63) is 0 Å². The van der Waals surface area contributed by atoms with Crippen LogP contribution >= 0.6 is 31.9 Å². The Kier molecular flexibility index (Phi) is 13.4. The lowest BCUT2D eigenvalue weighted by Gasteiger charge is -2.10. The second-order valence-electron chi connectivity index (χ2n) is 4.46. The second-order valence-corrected chi connectivity index (χ2v) is 6.67. The molecule has 0 saturated carbocycles. The minimum absolute atomic E-state index is 0.204. The van der Waals surface area contributed by atoms with Crippen molar-refractivity contribution < 1.29 is 23.8 Å². The topological polar surface area (TPSA) is 61.8 Å². The van der Waals surface area contributed by atoms with E-state index in [0.717, 1.165) is 25.7 Å². The molecule has 0 fully saturated rings. The molecule has 0 radical (unpaired) electrons. The van der Waals surface area contributed by atoms with Crippen molar-refractivity contribution in [3.8, 4) is 0 Å². The first-order valence-electron chi connectivity index (χ1n) is 7.22. The third-order valence-corrected chi connectivity index (χ3v) is 4.20. The van der Waals surface area contributed by atoms with E-state index in [1.807, 2.05) is 13.8 Å². The summed E-state index contributed by atoms with van der Waals surface area (Å²) in [5.41, 5.74) is 0. The number of hydrogen-bond acceptors (Lipinski definition) is 5. The number of esters is 2. The van der Waals surface area contributed by atoms with Gasteiger partial charge in [0.15, 0.2) is 0 Å². The quantitative estimate of drug-likeness (QED) is 0.269. The van der Waals surface area contributed by atoms with Crippen molar-refractivity contribution in [2.45, 2.75) is 49.2 Å². The van der Waals surface area contributed by atoms with Crippen LogP contribution in [-0.2, 0) is 23.8 Å².